The summed E-state index contributed by atoms with van der Waals surface area (Å²) in [6, 6.07) is 15.7. The van der Waals surface area contributed by atoms with Gasteiger partial charge in [-0.25, -0.2) is 0 Å². The zero-order chi connectivity index (χ0) is 22.7. The minimum atomic E-state index is -0.120. The van der Waals surface area contributed by atoms with E-state index in [4.69, 9.17) is 31.2 Å². The standard InChI is InChI=1S/C24H27N3O4S/c1-28-18-9-7-17(8-10-18)25-24(32)27-13-12-26-11-5-6-19(26)22(27)16-14-20(29-2)23(31-4)21(15-16)30-3/h5-11,14-15,22H,12-13H2,1-4H3,(H,25,32). The maximum absolute atomic E-state index is 5.86. The quantitative estimate of drug-likeness (QED) is 0.558. The van der Waals surface area contributed by atoms with Crippen LogP contribution in [0, 0.1) is 0 Å². The molecule has 32 heavy (non-hydrogen) atoms. The van der Waals surface area contributed by atoms with Crippen LogP contribution in [0.3, 0.4) is 0 Å². The highest BCUT2D eigenvalue weighted by Gasteiger charge is 2.32. The van der Waals surface area contributed by atoms with Gasteiger partial charge in [0.1, 0.15) is 5.75 Å². The molecule has 1 aliphatic rings. The number of nitrogens with one attached hydrogen (secondary N) is 1. The second-order valence-electron chi connectivity index (χ2n) is 7.34. The maximum atomic E-state index is 5.86. The number of aromatic nitrogens is 1. The summed E-state index contributed by atoms with van der Waals surface area (Å²) in [7, 11) is 6.50. The molecule has 8 heteroatoms. The largest absolute Gasteiger partial charge is 0.497 e. The first-order valence-corrected chi connectivity index (χ1v) is 10.7. The van der Waals surface area contributed by atoms with Crippen molar-refractivity contribution in [2.24, 2.45) is 0 Å². The van der Waals surface area contributed by atoms with Gasteiger partial charge < -0.3 is 33.7 Å². The van der Waals surface area contributed by atoms with E-state index in [2.05, 4.69) is 33.1 Å². The summed E-state index contributed by atoms with van der Waals surface area (Å²) < 4.78 is 24.2. The number of hydrogen-bond acceptors (Lipinski definition) is 5. The van der Waals surface area contributed by atoms with Crippen molar-refractivity contribution >= 4 is 23.0 Å². The number of thiocarbonyl (C=S) groups is 1. The Bertz CT molecular complexity index is 1070. The number of rotatable bonds is 6. The highest BCUT2D eigenvalue weighted by Crippen LogP contribution is 2.43. The molecule has 7 nitrogen and oxygen atoms in total. The molecule has 0 bridgehead atoms. The summed E-state index contributed by atoms with van der Waals surface area (Å²) in [5.74, 6) is 2.59. The summed E-state index contributed by atoms with van der Waals surface area (Å²) in [6.07, 6.45) is 2.09. The lowest BCUT2D eigenvalue weighted by Gasteiger charge is -2.39. The summed E-state index contributed by atoms with van der Waals surface area (Å²) >= 11 is 5.86. The first-order chi connectivity index (χ1) is 15.6. The fourth-order valence-electron chi connectivity index (χ4n) is 4.08. The molecule has 2 aromatic carbocycles. The summed E-state index contributed by atoms with van der Waals surface area (Å²) in [6.45, 7) is 1.60. The van der Waals surface area contributed by atoms with Crippen molar-refractivity contribution in [2.75, 3.05) is 40.3 Å². The molecule has 0 amide bonds. The highest BCUT2D eigenvalue weighted by atomic mass is 32.1. The number of anilines is 1. The predicted octanol–water partition coefficient (Wildman–Crippen LogP) is 4.32. The third kappa shape index (κ3) is 4.05. The predicted molar refractivity (Wildman–Crippen MR) is 128 cm³/mol. The summed E-state index contributed by atoms with van der Waals surface area (Å²) in [4.78, 5) is 2.19. The van der Waals surface area contributed by atoms with Crippen molar-refractivity contribution in [3.05, 3.63) is 66.0 Å². The Morgan fingerprint density at radius 2 is 1.59 bits per heavy atom. The van der Waals surface area contributed by atoms with Crippen molar-refractivity contribution in [3.63, 3.8) is 0 Å². The van der Waals surface area contributed by atoms with Crippen molar-refractivity contribution in [3.8, 4) is 23.0 Å². The fraction of sp³-hybridized carbons (Fsp3) is 0.292. The lowest BCUT2D eigenvalue weighted by Crippen LogP contribution is -2.44. The fourth-order valence-corrected chi connectivity index (χ4v) is 4.40. The van der Waals surface area contributed by atoms with Gasteiger partial charge in [0.05, 0.1) is 34.5 Å². The van der Waals surface area contributed by atoms with Crippen LogP contribution >= 0.6 is 12.2 Å². The molecule has 168 valence electrons. The highest BCUT2D eigenvalue weighted by molar-refractivity contribution is 7.80. The van der Waals surface area contributed by atoms with E-state index in [0.29, 0.717) is 22.4 Å². The van der Waals surface area contributed by atoms with Gasteiger partial charge in [0, 0.05) is 30.7 Å². The average molecular weight is 454 g/mol. The van der Waals surface area contributed by atoms with Crippen LogP contribution in [-0.2, 0) is 6.54 Å². The molecule has 1 N–H and O–H groups in total. The van der Waals surface area contributed by atoms with E-state index in [1.165, 1.54) is 0 Å². The zero-order valence-electron chi connectivity index (χ0n) is 18.6. The molecule has 0 aliphatic carbocycles. The van der Waals surface area contributed by atoms with Gasteiger partial charge >= 0.3 is 0 Å². The molecule has 0 fully saturated rings. The Balaban J connectivity index is 1.72. The van der Waals surface area contributed by atoms with Gasteiger partial charge in [0.2, 0.25) is 5.75 Å². The molecule has 4 rings (SSSR count). The van der Waals surface area contributed by atoms with E-state index in [-0.39, 0.29) is 6.04 Å². The number of fused-ring (bicyclic) bond motifs is 1. The topological polar surface area (TPSA) is 57.1 Å². The van der Waals surface area contributed by atoms with Crippen LogP contribution in [0.2, 0.25) is 0 Å². The molecular formula is C24H27N3O4S. The number of nitrogens with zero attached hydrogens (tertiary/aromatic N) is 2. The van der Waals surface area contributed by atoms with Crippen molar-refractivity contribution < 1.29 is 18.9 Å². The first-order valence-electron chi connectivity index (χ1n) is 10.3. The van der Waals surface area contributed by atoms with Gasteiger partial charge in [-0.1, -0.05) is 0 Å². The van der Waals surface area contributed by atoms with Crippen molar-refractivity contribution in [2.45, 2.75) is 12.6 Å². The third-order valence-corrected chi connectivity index (χ3v) is 5.98. The van der Waals surface area contributed by atoms with Crippen LogP contribution in [0.1, 0.15) is 17.3 Å². The average Bonchev–Trinajstić information content (AvgIpc) is 3.31. The number of methoxy groups -OCH3 is 4. The lowest BCUT2D eigenvalue weighted by molar-refractivity contribution is 0.288. The molecule has 0 spiro atoms. The third-order valence-electron chi connectivity index (χ3n) is 5.64. The smallest absolute Gasteiger partial charge is 0.203 e. The van der Waals surface area contributed by atoms with E-state index in [1.54, 1.807) is 28.4 Å². The van der Waals surface area contributed by atoms with Crippen molar-refractivity contribution in [1.82, 2.24) is 9.47 Å². The van der Waals surface area contributed by atoms with E-state index in [9.17, 15) is 0 Å². The molecule has 0 radical (unpaired) electrons. The lowest BCUT2D eigenvalue weighted by atomic mass is 9.99. The van der Waals surface area contributed by atoms with Gasteiger partial charge in [0.25, 0.3) is 0 Å². The summed E-state index contributed by atoms with van der Waals surface area (Å²) in [5.41, 5.74) is 3.04. The van der Waals surface area contributed by atoms with Crippen LogP contribution in [-0.4, -0.2) is 49.6 Å². The molecule has 0 saturated heterocycles. The van der Waals surface area contributed by atoms with Crippen LogP contribution in [0.5, 0.6) is 23.0 Å². The molecule has 1 atom stereocenters. The molecule has 3 aromatic rings. The Hall–Kier alpha value is -3.39. The second kappa shape index (κ2) is 9.40. The van der Waals surface area contributed by atoms with Gasteiger partial charge in [-0.15, -0.1) is 0 Å². The van der Waals surface area contributed by atoms with Gasteiger partial charge in [0.15, 0.2) is 16.6 Å². The molecule has 1 unspecified atom stereocenters. The Kier molecular flexibility index (Phi) is 6.41. The normalized spacial score (nSPS) is 15.0. The first kappa shape index (κ1) is 21.8. The molecule has 1 aliphatic heterocycles. The maximum Gasteiger partial charge on any atom is 0.203 e. The van der Waals surface area contributed by atoms with Crippen LogP contribution < -0.4 is 24.3 Å². The van der Waals surface area contributed by atoms with Gasteiger partial charge in [-0.2, -0.15) is 0 Å². The SMILES string of the molecule is COc1ccc(NC(=S)N2CCn3cccc3C2c2cc(OC)c(OC)c(OC)c2)cc1. The van der Waals surface area contributed by atoms with E-state index in [1.807, 2.05) is 36.4 Å². The van der Waals surface area contributed by atoms with Crippen LogP contribution in [0.4, 0.5) is 5.69 Å². The molecule has 2 heterocycles. The zero-order valence-corrected chi connectivity index (χ0v) is 19.4. The van der Waals surface area contributed by atoms with Crippen LogP contribution in [0.25, 0.3) is 0 Å². The Morgan fingerprint density at radius 3 is 2.19 bits per heavy atom. The molecule has 1 aromatic heterocycles. The monoisotopic (exact) mass is 453 g/mol. The Morgan fingerprint density at radius 1 is 0.906 bits per heavy atom. The molecule has 0 saturated carbocycles. The minimum Gasteiger partial charge on any atom is -0.497 e. The van der Waals surface area contributed by atoms with Gasteiger partial charge in [-0.3, -0.25) is 0 Å². The minimum absolute atomic E-state index is 0.120. The van der Waals surface area contributed by atoms with Gasteiger partial charge in [-0.05, 0) is 66.3 Å². The summed E-state index contributed by atoms with van der Waals surface area (Å²) in [5, 5.41) is 4.01. The second-order valence-corrected chi connectivity index (χ2v) is 7.73. The van der Waals surface area contributed by atoms with E-state index in [0.717, 1.165) is 35.8 Å². The Labute approximate surface area is 193 Å². The van der Waals surface area contributed by atoms with E-state index >= 15 is 0 Å². The van der Waals surface area contributed by atoms with Crippen LogP contribution in [0.15, 0.2) is 54.7 Å². The van der Waals surface area contributed by atoms with E-state index < -0.39 is 0 Å². The number of hydrogen-bond donors (Lipinski definition) is 1. The number of benzene rings is 2. The number of ether oxygens (including phenoxy) is 4. The molecular weight excluding hydrogens is 426 g/mol. The van der Waals surface area contributed by atoms with Crippen molar-refractivity contribution in [1.29, 1.82) is 0 Å².